The van der Waals surface area contributed by atoms with Gasteiger partial charge >= 0.3 is 0 Å². The summed E-state index contributed by atoms with van der Waals surface area (Å²) in [6.07, 6.45) is -0.827. The minimum absolute atomic E-state index is 0.368. The molecule has 0 fully saturated rings. The molecule has 0 radical (unpaired) electrons. The third-order valence-electron chi connectivity index (χ3n) is 3.10. The molecule has 3 nitrogen and oxygen atoms in total. The van der Waals surface area contributed by atoms with Gasteiger partial charge in [-0.05, 0) is 65.7 Å². The second kappa shape index (κ2) is 6.45. The first kappa shape index (κ1) is 15.8. The third-order valence-corrected chi connectivity index (χ3v) is 3.72. The summed E-state index contributed by atoms with van der Waals surface area (Å²) in [4.78, 5) is 0. The van der Waals surface area contributed by atoms with Gasteiger partial charge < -0.3 is 14.6 Å². The molecule has 21 heavy (non-hydrogen) atoms. The molecular formula is C16H16BrFO3. The molecule has 1 N–H and O–H groups in total. The van der Waals surface area contributed by atoms with E-state index in [4.69, 9.17) is 9.47 Å². The molecule has 1 unspecified atom stereocenters. The highest BCUT2D eigenvalue weighted by molar-refractivity contribution is 9.10. The number of methoxy groups -OCH3 is 1. The minimum Gasteiger partial charge on any atom is -0.497 e. The Bertz CT molecular complexity index is 656. The first-order chi connectivity index (χ1) is 9.92. The van der Waals surface area contributed by atoms with E-state index in [1.54, 1.807) is 45.2 Å². The number of rotatable bonds is 4. The summed E-state index contributed by atoms with van der Waals surface area (Å²) in [6, 6.07) is 8.15. The van der Waals surface area contributed by atoms with Gasteiger partial charge in [0.2, 0.25) is 0 Å². The largest absolute Gasteiger partial charge is 0.497 e. The SMILES string of the molecule is COc1ccc(Oc2cc(C)c(F)cc2C(C)O)c(Br)c1. The highest BCUT2D eigenvalue weighted by atomic mass is 79.9. The van der Waals surface area contributed by atoms with Crippen LogP contribution in [0, 0.1) is 12.7 Å². The summed E-state index contributed by atoms with van der Waals surface area (Å²) in [6.45, 7) is 3.22. The van der Waals surface area contributed by atoms with E-state index in [0.717, 1.165) is 0 Å². The van der Waals surface area contributed by atoms with Crippen LogP contribution in [0.2, 0.25) is 0 Å². The van der Waals surface area contributed by atoms with Crippen LogP contribution in [-0.2, 0) is 0 Å². The lowest BCUT2D eigenvalue weighted by Gasteiger charge is -2.16. The molecule has 0 saturated heterocycles. The monoisotopic (exact) mass is 354 g/mol. The number of aliphatic hydroxyl groups excluding tert-OH is 1. The first-order valence-corrected chi connectivity index (χ1v) is 7.21. The molecule has 0 saturated carbocycles. The van der Waals surface area contributed by atoms with Gasteiger partial charge in [0.15, 0.2) is 0 Å². The minimum atomic E-state index is -0.827. The van der Waals surface area contributed by atoms with Crippen LogP contribution >= 0.6 is 15.9 Å². The van der Waals surface area contributed by atoms with Gasteiger partial charge in [0.05, 0.1) is 17.7 Å². The predicted molar refractivity (Wildman–Crippen MR) is 82.5 cm³/mol. The molecule has 0 aromatic heterocycles. The Labute approximate surface area is 131 Å². The van der Waals surface area contributed by atoms with Crippen LogP contribution in [0.4, 0.5) is 4.39 Å². The van der Waals surface area contributed by atoms with Gasteiger partial charge in [0.25, 0.3) is 0 Å². The molecule has 5 heteroatoms. The maximum absolute atomic E-state index is 13.6. The quantitative estimate of drug-likeness (QED) is 0.860. The Balaban J connectivity index is 2.41. The fourth-order valence-electron chi connectivity index (χ4n) is 1.90. The van der Waals surface area contributed by atoms with E-state index >= 15 is 0 Å². The number of benzene rings is 2. The van der Waals surface area contributed by atoms with E-state index in [1.165, 1.54) is 6.07 Å². The standard InChI is InChI=1S/C16H16BrFO3/c1-9-6-16(12(10(2)19)8-14(9)18)21-15-5-4-11(20-3)7-13(15)17/h4-8,10,19H,1-3H3. The van der Waals surface area contributed by atoms with E-state index in [2.05, 4.69) is 15.9 Å². The average Bonchev–Trinajstić information content (AvgIpc) is 2.44. The third kappa shape index (κ3) is 3.54. The van der Waals surface area contributed by atoms with Crippen molar-refractivity contribution in [3.63, 3.8) is 0 Å². The molecule has 2 aromatic carbocycles. The van der Waals surface area contributed by atoms with Crippen molar-refractivity contribution in [2.45, 2.75) is 20.0 Å². The molecular weight excluding hydrogens is 339 g/mol. The summed E-state index contributed by atoms with van der Waals surface area (Å²) in [7, 11) is 1.58. The maximum Gasteiger partial charge on any atom is 0.141 e. The van der Waals surface area contributed by atoms with Crippen molar-refractivity contribution in [3.05, 3.63) is 51.7 Å². The van der Waals surface area contributed by atoms with Crippen molar-refractivity contribution in [1.29, 1.82) is 0 Å². The molecule has 0 aliphatic rings. The van der Waals surface area contributed by atoms with Gasteiger partial charge in [-0.3, -0.25) is 0 Å². The lowest BCUT2D eigenvalue weighted by atomic mass is 10.1. The summed E-state index contributed by atoms with van der Waals surface area (Å²) in [5.41, 5.74) is 0.861. The predicted octanol–water partition coefficient (Wildman–Crippen LogP) is 4.75. The fraction of sp³-hybridized carbons (Fsp3) is 0.250. The van der Waals surface area contributed by atoms with Crippen molar-refractivity contribution < 1.29 is 19.0 Å². The van der Waals surface area contributed by atoms with Crippen LogP contribution in [0.1, 0.15) is 24.2 Å². The molecule has 2 aromatic rings. The molecule has 0 aliphatic heterocycles. The van der Waals surface area contributed by atoms with Gasteiger partial charge in [-0.1, -0.05) is 0 Å². The lowest BCUT2D eigenvalue weighted by Crippen LogP contribution is -1.99. The highest BCUT2D eigenvalue weighted by Gasteiger charge is 2.15. The van der Waals surface area contributed by atoms with Crippen LogP contribution in [0.15, 0.2) is 34.8 Å². The van der Waals surface area contributed by atoms with Crippen LogP contribution in [-0.4, -0.2) is 12.2 Å². The van der Waals surface area contributed by atoms with E-state index in [9.17, 15) is 9.50 Å². The average molecular weight is 355 g/mol. The highest BCUT2D eigenvalue weighted by Crippen LogP contribution is 2.36. The molecule has 112 valence electrons. The number of aryl methyl sites for hydroxylation is 1. The van der Waals surface area contributed by atoms with Gasteiger partial charge in [0.1, 0.15) is 23.1 Å². The molecule has 2 rings (SSSR count). The smallest absolute Gasteiger partial charge is 0.141 e. The van der Waals surface area contributed by atoms with E-state index in [-0.39, 0.29) is 5.82 Å². The Kier molecular flexibility index (Phi) is 4.85. The summed E-state index contributed by atoms with van der Waals surface area (Å²) in [5.74, 6) is 1.31. The number of aliphatic hydroxyl groups is 1. The lowest BCUT2D eigenvalue weighted by molar-refractivity contribution is 0.195. The Morgan fingerprint density at radius 3 is 2.48 bits per heavy atom. The van der Waals surface area contributed by atoms with Crippen molar-refractivity contribution in [2.24, 2.45) is 0 Å². The zero-order valence-electron chi connectivity index (χ0n) is 12.0. The van der Waals surface area contributed by atoms with Gasteiger partial charge in [-0.15, -0.1) is 0 Å². The fourth-order valence-corrected chi connectivity index (χ4v) is 2.33. The molecule has 0 heterocycles. The molecule has 0 amide bonds. The van der Waals surface area contributed by atoms with E-state index < -0.39 is 6.10 Å². The Morgan fingerprint density at radius 2 is 1.90 bits per heavy atom. The Hall–Kier alpha value is -1.59. The second-order valence-corrected chi connectivity index (χ2v) is 5.57. The molecule has 0 bridgehead atoms. The first-order valence-electron chi connectivity index (χ1n) is 6.42. The van der Waals surface area contributed by atoms with Crippen LogP contribution in [0.5, 0.6) is 17.2 Å². The second-order valence-electron chi connectivity index (χ2n) is 4.71. The zero-order chi connectivity index (χ0) is 15.6. The van der Waals surface area contributed by atoms with Crippen molar-refractivity contribution in [3.8, 4) is 17.2 Å². The van der Waals surface area contributed by atoms with Gasteiger partial charge in [-0.2, -0.15) is 0 Å². The summed E-state index contributed by atoms with van der Waals surface area (Å²) >= 11 is 3.40. The summed E-state index contributed by atoms with van der Waals surface area (Å²) < 4.78 is 25.3. The zero-order valence-corrected chi connectivity index (χ0v) is 13.6. The number of ether oxygens (including phenoxy) is 2. The number of halogens is 2. The van der Waals surface area contributed by atoms with Gasteiger partial charge in [0, 0.05) is 5.56 Å². The van der Waals surface area contributed by atoms with Gasteiger partial charge in [-0.25, -0.2) is 4.39 Å². The Morgan fingerprint density at radius 1 is 1.19 bits per heavy atom. The van der Waals surface area contributed by atoms with Crippen LogP contribution in [0.3, 0.4) is 0 Å². The topological polar surface area (TPSA) is 38.7 Å². The normalized spacial score (nSPS) is 12.1. The van der Waals surface area contributed by atoms with Crippen LogP contribution in [0.25, 0.3) is 0 Å². The van der Waals surface area contributed by atoms with Crippen molar-refractivity contribution in [2.75, 3.05) is 7.11 Å². The molecule has 0 spiro atoms. The molecule has 1 atom stereocenters. The molecule has 0 aliphatic carbocycles. The van der Waals surface area contributed by atoms with Crippen molar-refractivity contribution in [1.82, 2.24) is 0 Å². The van der Waals surface area contributed by atoms with Crippen LogP contribution < -0.4 is 9.47 Å². The number of hydrogen-bond donors (Lipinski definition) is 1. The number of hydrogen-bond acceptors (Lipinski definition) is 3. The maximum atomic E-state index is 13.6. The van der Waals surface area contributed by atoms with E-state index in [1.807, 2.05) is 0 Å². The summed E-state index contributed by atoms with van der Waals surface area (Å²) in [5, 5.41) is 9.77. The van der Waals surface area contributed by atoms with Crippen molar-refractivity contribution >= 4 is 15.9 Å². The van der Waals surface area contributed by atoms with E-state index in [0.29, 0.717) is 32.8 Å².